The smallest absolute Gasteiger partial charge is 0.271 e. The van der Waals surface area contributed by atoms with E-state index in [-0.39, 0.29) is 28.3 Å². The van der Waals surface area contributed by atoms with Crippen LogP contribution in [0.3, 0.4) is 0 Å². The summed E-state index contributed by atoms with van der Waals surface area (Å²) >= 11 is 6.13. The molecule has 2 aromatic rings. The molecule has 0 spiro atoms. The van der Waals surface area contributed by atoms with Crippen LogP contribution in [0, 0.1) is 18.3 Å². The lowest BCUT2D eigenvalue weighted by atomic mass is 9.95. The molecule has 2 amide bonds. The molecule has 0 bridgehead atoms. The minimum atomic E-state index is -0.445. The molecule has 1 fully saturated rings. The average Bonchev–Trinajstić information content (AvgIpc) is 3.13. The highest BCUT2D eigenvalue weighted by atomic mass is 35.5. The van der Waals surface area contributed by atoms with Gasteiger partial charge in [-0.15, -0.1) is 0 Å². The molecular weight excluding hydrogens is 446 g/mol. The van der Waals surface area contributed by atoms with Gasteiger partial charge < -0.3 is 20.7 Å². The number of halogens is 1. The van der Waals surface area contributed by atoms with E-state index in [0.29, 0.717) is 43.9 Å². The molecule has 0 radical (unpaired) electrons. The molecule has 176 valence electrons. The number of aromatic nitrogens is 3. The number of amides is 2. The van der Waals surface area contributed by atoms with Crippen molar-refractivity contribution in [3.05, 3.63) is 46.4 Å². The fourth-order valence-electron chi connectivity index (χ4n) is 3.71. The first-order chi connectivity index (χ1) is 15.7. The number of nitrogens with one attached hydrogen (secondary N) is 2. The minimum Gasteiger partial charge on any atom is -0.481 e. The summed E-state index contributed by atoms with van der Waals surface area (Å²) in [6, 6.07) is 1.54. The van der Waals surface area contributed by atoms with Crippen LogP contribution in [0.5, 0.6) is 5.88 Å². The van der Waals surface area contributed by atoms with Crippen molar-refractivity contribution in [3.8, 4) is 5.88 Å². The number of carbonyl (C=O) groups excluding carboxylic acids is 2. The van der Waals surface area contributed by atoms with Gasteiger partial charge in [0.05, 0.1) is 24.0 Å². The predicted octanol–water partition coefficient (Wildman–Crippen LogP) is 1.66. The van der Waals surface area contributed by atoms with Gasteiger partial charge in [0, 0.05) is 61.7 Å². The Balaban J connectivity index is 1.54. The molecule has 1 aliphatic heterocycles. The van der Waals surface area contributed by atoms with Crippen LogP contribution in [0.1, 0.15) is 29.7 Å². The standard InChI is InChI=1S/C22H28ClN7O3/c1-13-15(12-29(2)28-13)10-27-21(31)14-4-6-30(7-5-14)22(32)19(25)9-18(24)16-8-20(33-3)26-11-17(16)23/h8-9,11-12,14,25H,4-7,10,24H2,1-3H3,(H,27,31)/b18-9-,25-19?. The molecule has 2 aromatic heterocycles. The van der Waals surface area contributed by atoms with Crippen molar-refractivity contribution in [1.29, 1.82) is 5.41 Å². The van der Waals surface area contributed by atoms with Crippen LogP contribution in [0.4, 0.5) is 0 Å². The number of aryl methyl sites for hydroxylation is 2. The molecule has 11 heteroatoms. The molecule has 33 heavy (non-hydrogen) atoms. The van der Waals surface area contributed by atoms with Gasteiger partial charge in [-0.1, -0.05) is 11.6 Å². The number of hydrogen-bond acceptors (Lipinski definition) is 7. The van der Waals surface area contributed by atoms with Gasteiger partial charge in [0.25, 0.3) is 5.91 Å². The van der Waals surface area contributed by atoms with Crippen molar-refractivity contribution in [1.82, 2.24) is 25.0 Å². The molecule has 1 aliphatic rings. The van der Waals surface area contributed by atoms with Crippen LogP contribution in [-0.4, -0.2) is 57.4 Å². The van der Waals surface area contributed by atoms with E-state index in [9.17, 15) is 9.59 Å². The third-order valence-electron chi connectivity index (χ3n) is 5.60. The number of nitrogens with zero attached hydrogens (tertiary/aromatic N) is 4. The maximum atomic E-state index is 12.7. The molecule has 4 N–H and O–H groups in total. The van der Waals surface area contributed by atoms with Crippen LogP contribution in [-0.2, 0) is 23.2 Å². The summed E-state index contributed by atoms with van der Waals surface area (Å²) in [6.07, 6.45) is 5.62. The van der Waals surface area contributed by atoms with Crippen LogP contribution in [0.2, 0.25) is 5.02 Å². The van der Waals surface area contributed by atoms with Crippen molar-refractivity contribution in [3.63, 3.8) is 0 Å². The topological polar surface area (TPSA) is 139 Å². The SMILES string of the molecule is COc1cc(/C(N)=C/C(=N)C(=O)N2CCC(C(=O)NCc3cn(C)nc3C)CC2)c(Cl)cn1. The Morgan fingerprint density at radius 3 is 2.70 bits per heavy atom. The number of carbonyl (C=O) groups is 2. The number of methoxy groups -OCH3 is 1. The van der Waals surface area contributed by atoms with Gasteiger partial charge in [-0.25, -0.2) is 4.98 Å². The van der Waals surface area contributed by atoms with E-state index in [0.717, 1.165) is 11.3 Å². The number of likely N-dealkylation sites (tertiary alicyclic amines) is 1. The van der Waals surface area contributed by atoms with E-state index < -0.39 is 5.91 Å². The molecule has 1 saturated heterocycles. The molecule has 0 saturated carbocycles. The van der Waals surface area contributed by atoms with E-state index in [2.05, 4.69) is 15.4 Å². The van der Waals surface area contributed by atoms with Gasteiger partial charge in [-0.3, -0.25) is 19.7 Å². The Bertz CT molecular complexity index is 1090. The summed E-state index contributed by atoms with van der Waals surface area (Å²) in [4.78, 5) is 30.8. The third-order valence-corrected chi connectivity index (χ3v) is 5.90. The maximum Gasteiger partial charge on any atom is 0.271 e. The predicted molar refractivity (Wildman–Crippen MR) is 125 cm³/mol. The number of hydrogen-bond donors (Lipinski definition) is 3. The van der Waals surface area contributed by atoms with E-state index in [1.54, 1.807) is 15.6 Å². The van der Waals surface area contributed by atoms with E-state index in [1.165, 1.54) is 19.4 Å². The monoisotopic (exact) mass is 473 g/mol. The highest BCUT2D eigenvalue weighted by Crippen LogP contribution is 2.24. The summed E-state index contributed by atoms with van der Waals surface area (Å²) in [5.41, 5.74) is 8.27. The highest BCUT2D eigenvalue weighted by molar-refractivity contribution is 6.43. The summed E-state index contributed by atoms with van der Waals surface area (Å²) in [5.74, 6) is -0.336. The minimum absolute atomic E-state index is 0.0363. The highest BCUT2D eigenvalue weighted by Gasteiger charge is 2.28. The van der Waals surface area contributed by atoms with Gasteiger partial charge in [0.1, 0.15) is 5.71 Å². The summed E-state index contributed by atoms with van der Waals surface area (Å²) < 4.78 is 6.79. The average molecular weight is 474 g/mol. The summed E-state index contributed by atoms with van der Waals surface area (Å²) in [5, 5.41) is 15.7. The second-order valence-corrected chi connectivity index (χ2v) is 8.32. The number of piperidine rings is 1. The Kier molecular flexibility index (Phi) is 7.70. The van der Waals surface area contributed by atoms with Crippen molar-refractivity contribution >= 4 is 34.8 Å². The van der Waals surface area contributed by atoms with Gasteiger partial charge >= 0.3 is 0 Å². The van der Waals surface area contributed by atoms with E-state index >= 15 is 0 Å². The Labute approximate surface area is 197 Å². The second-order valence-electron chi connectivity index (χ2n) is 7.92. The number of nitrogens with two attached hydrogens (primary N) is 1. The fourth-order valence-corrected chi connectivity index (χ4v) is 3.92. The third kappa shape index (κ3) is 5.89. The van der Waals surface area contributed by atoms with Crippen molar-refractivity contribution in [2.45, 2.75) is 26.3 Å². The molecule has 0 aliphatic carbocycles. The zero-order valence-electron chi connectivity index (χ0n) is 18.9. The first-order valence-corrected chi connectivity index (χ1v) is 10.9. The lowest BCUT2D eigenvalue weighted by Crippen LogP contribution is -2.44. The lowest BCUT2D eigenvalue weighted by molar-refractivity contribution is -0.131. The molecule has 0 aromatic carbocycles. The molecule has 0 atom stereocenters. The van der Waals surface area contributed by atoms with Gasteiger partial charge in [0.15, 0.2) is 0 Å². The summed E-state index contributed by atoms with van der Waals surface area (Å²) in [6.45, 7) is 3.11. The maximum absolute atomic E-state index is 12.7. The molecule has 0 unspecified atom stereocenters. The quantitative estimate of drug-likeness (QED) is 0.522. The Hall–Kier alpha value is -3.40. The van der Waals surface area contributed by atoms with Crippen molar-refractivity contribution < 1.29 is 14.3 Å². The lowest BCUT2D eigenvalue weighted by Gasteiger charge is -2.31. The number of rotatable bonds is 7. The van der Waals surface area contributed by atoms with E-state index in [4.69, 9.17) is 27.5 Å². The number of pyridine rings is 1. The van der Waals surface area contributed by atoms with Crippen molar-refractivity contribution in [2.75, 3.05) is 20.2 Å². The molecule has 3 rings (SSSR count). The zero-order valence-corrected chi connectivity index (χ0v) is 19.6. The first-order valence-electron chi connectivity index (χ1n) is 10.5. The zero-order chi connectivity index (χ0) is 24.1. The molecular formula is C22H28ClN7O3. The Morgan fingerprint density at radius 1 is 1.39 bits per heavy atom. The fraction of sp³-hybridized carbons (Fsp3) is 0.409. The van der Waals surface area contributed by atoms with Gasteiger partial charge in [-0.05, 0) is 25.8 Å². The normalized spacial score (nSPS) is 14.8. The van der Waals surface area contributed by atoms with Gasteiger partial charge in [-0.2, -0.15) is 5.10 Å². The van der Waals surface area contributed by atoms with Crippen LogP contribution >= 0.6 is 11.6 Å². The largest absolute Gasteiger partial charge is 0.481 e. The Morgan fingerprint density at radius 2 is 2.09 bits per heavy atom. The van der Waals surface area contributed by atoms with Crippen LogP contribution < -0.4 is 15.8 Å². The molecule has 3 heterocycles. The summed E-state index contributed by atoms with van der Waals surface area (Å²) in [7, 11) is 3.31. The number of ether oxygens (including phenoxy) is 1. The van der Waals surface area contributed by atoms with Crippen LogP contribution in [0.25, 0.3) is 5.70 Å². The van der Waals surface area contributed by atoms with Crippen molar-refractivity contribution in [2.24, 2.45) is 18.7 Å². The second kappa shape index (κ2) is 10.5. The van der Waals surface area contributed by atoms with Crippen LogP contribution in [0.15, 0.2) is 24.5 Å². The molecule has 10 nitrogen and oxygen atoms in total. The van der Waals surface area contributed by atoms with E-state index in [1.807, 2.05) is 20.2 Å². The first kappa shape index (κ1) is 24.2. The van der Waals surface area contributed by atoms with Gasteiger partial charge in [0.2, 0.25) is 11.8 Å².